The highest BCUT2D eigenvalue weighted by Crippen LogP contribution is 2.10. The molecule has 1 rings (SSSR count). The van der Waals surface area contributed by atoms with Crippen molar-refractivity contribution in [2.24, 2.45) is 11.7 Å². The topological polar surface area (TPSA) is 85.1 Å². The first-order valence-electron chi connectivity index (χ1n) is 7.10. The monoisotopic (exact) mass is 299 g/mol. The summed E-state index contributed by atoms with van der Waals surface area (Å²) < 4.78 is 26.5. The molecule has 0 aliphatic carbocycles. The van der Waals surface area contributed by atoms with Gasteiger partial charge in [0.15, 0.2) is 0 Å². The lowest BCUT2D eigenvalue weighted by Crippen LogP contribution is -2.42. The first-order chi connectivity index (χ1) is 9.48. The Bertz CT molecular complexity index is 472. The molecule has 3 N–H and O–H groups in total. The van der Waals surface area contributed by atoms with Crippen molar-refractivity contribution in [2.45, 2.75) is 39.2 Å². The lowest BCUT2D eigenvalue weighted by Gasteiger charge is -2.21. The summed E-state index contributed by atoms with van der Waals surface area (Å²) in [4.78, 5) is 3.91. The maximum absolute atomic E-state index is 11.9. The van der Waals surface area contributed by atoms with Gasteiger partial charge in [-0.1, -0.05) is 26.7 Å². The Labute approximate surface area is 122 Å². The predicted molar refractivity (Wildman–Crippen MR) is 81.8 cm³/mol. The van der Waals surface area contributed by atoms with Gasteiger partial charge >= 0.3 is 0 Å². The van der Waals surface area contributed by atoms with Crippen LogP contribution in [-0.4, -0.2) is 31.7 Å². The fourth-order valence-electron chi connectivity index (χ4n) is 2.16. The van der Waals surface area contributed by atoms with Crippen LogP contribution in [0.5, 0.6) is 0 Å². The summed E-state index contributed by atoms with van der Waals surface area (Å²) >= 11 is 0. The molecule has 0 saturated heterocycles. The molecule has 0 radical (unpaired) electrons. The molecular formula is C14H25N3O2S. The molecule has 0 saturated carbocycles. The van der Waals surface area contributed by atoms with Crippen molar-refractivity contribution in [3.63, 3.8) is 0 Å². The summed E-state index contributed by atoms with van der Waals surface area (Å²) in [5.41, 5.74) is 6.99. The zero-order valence-electron chi connectivity index (χ0n) is 12.2. The van der Waals surface area contributed by atoms with Crippen LogP contribution in [-0.2, 0) is 16.4 Å². The van der Waals surface area contributed by atoms with Crippen LogP contribution in [0.4, 0.5) is 0 Å². The highest BCUT2D eigenvalue weighted by atomic mass is 32.2. The van der Waals surface area contributed by atoms with Crippen molar-refractivity contribution in [1.82, 2.24) is 9.71 Å². The number of nitrogens with two attached hydrogens (primary N) is 1. The quantitative estimate of drug-likeness (QED) is 0.720. The van der Waals surface area contributed by atoms with Crippen molar-refractivity contribution in [1.29, 1.82) is 0 Å². The van der Waals surface area contributed by atoms with E-state index in [9.17, 15) is 8.42 Å². The highest BCUT2D eigenvalue weighted by molar-refractivity contribution is 7.89. The third-order valence-electron chi connectivity index (χ3n) is 3.60. The average Bonchev–Trinajstić information content (AvgIpc) is 2.46. The first-order valence-corrected chi connectivity index (χ1v) is 8.75. The summed E-state index contributed by atoms with van der Waals surface area (Å²) in [6, 6.07) is 3.53. The molecule has 0 aliphatic rings. The number of sulfonamides is 1. The Morgan fingerprint density at radius 3 is 2.40 bits per heavy atom. The minimum atomic E-state index is -3.28. The number of hydrogen-bond acceptors (Lipinski definition) is 4. The van der Waals surface area contributed by atoms with Crippen LogP contribution >= 0.6 is 0 Å². The van der Waals surface area contributed by atoms with Crippen LogP contribution in [0.1, 0.15) is 32.3 Å². The van der Waals surface area contributed by atoms with E-state index < -0.39 is 10.0 Å². The summed E-state index contributed by atoms with van der Waals surface area (Å²) in [5.74, 6) is 0.435. The molecule has 1 heterocycles. The van der Waals surface area contributed by atoms with Gasteiger partial charge < -0.3 is 5.73 Å². The largest absolute Gasteiger partial charge is 0.326 e. The van der Waals surface area contributed by atoms with Crippen LogP contribution in [0.3, 0.4) is 0 Å². The van der Waals surface area contributed by atoms with E-state index in [-0.39, 0.29) is 11.8 Å². The van der Waals surface area contributed by atoms with Gasteiger partial charge in [0.05, 0.1) is 5.75 Å². The second-order valence-electron chi connectivity index (χ2n) is 5.01. The van der Waals surface area contributed by atoms with Gasteiger partial charge in [-0.15, -0.1) is 0 Å². The fraction of sp³-hybridized carbons (Fsp3) is 0.643. The molecular weight excluding hydrogens is 274 g/mol. The number of nitrogens with one attached hydrogen (secondary N) is 1. The molecule has 0 aliphatic heterocycles. The highest BCUT2D eigenvalue weighted by Gasteiger charge is 2.17. The van der Waals surface area contributed by atoms with E-state index in [1.807, 2.05) is 12.1 Å². The van der Waals surface area contributed by atoms with Crippen LogP contribution < -0.4 is 10.5 Å². The lowest BCUT2D eigenvalue weighted by atomic mass is 9.95. The Balaban J connectivity index is 2.42. The molecule has 114 valence electrons. The van der Waals surface area contributed by atoms with Crippen LogP contribution in [0, 0.1) is 5.92 Å². The zero-order valence-corrected chi connectivity index (χ0v) is 13.1. The van der Waals surface area contributed by atoms with Crippen LogP contribution in [0.15, 0.2) is 24.5 Å². The van der Waals surface area contributed by atoms with E-state index in [2.05, 4.69) is 23.6 Å². The van der Waals surface area contributed by atoms with E-state index in [0.717, 1.165) is 18.4 Å². The van der Waals surface area contributed by atoms with E-state index in [1.54, 1.807) is 12.4 Å². The van der Waals surface area contributed by atoms with Crippen LogP contribution in [0.25, 0.3) is 0 Å². The molecule has 1 unspecified atom stereocenters. The van der Waals surface area contributed by atoms with Gasteiger partial charge in [-0.05, 0) is 30.0 Å². The third kappa shape index (κ3) is 5.98. The van der Waals surface area contributed by atoms with Gasteiger partial charge in [0.25, 0.3) is 0 Å². The van der Waals surface area contributed by atoms with E-state index in [1.165, 1.54) is 0 Å². The van der Waals surface area contributed by atoms with Crippen molar-refractivity contribution < 1.29 is 8.42 Å². The summed E-state index contributed by atoms with van der Waals surface area (Å²) in [7, 11) is -3.28. The molecule has 0 spiro atoms. The summed E-state index contributed by atoms with van der Waals surface area (Å²) in [6.45, 7) is 4.46. The zero-order chi connectivity index (χ0) is 15.0. The fourth-order valence-corrected chi connectivity index (χ4v) is 3.25. The molecule has 0 amide bonds. The minimum Gasteiger partial charge on any atom is -0.326 e. The van der Waals surface area contributed by atoms with Crippen LogP contribution in [0.2, 0.25) is 0 Å². The molecule has 5 nitrogen and oxygen atoms in total. The van der Waals surface area contributed by atoms with Gasteiger partial charge in [0.1, 0.15) is 0 Å². The first kappa shape index (κ1) is 17.1. The van der Waals surface area contributed by atoms with Gasteiger partial charge in [-0.3, -0.25) is 4.98 Å². The smallest absolute Gasteiger partial charge is 0.211 e. The number of rotatable bonds is 9. The molecule has 1 aromatic heterocycles. The summed E-state index contributed by atoms with van der Waals surface area (Å²) in [6.07, 6.45) is 5.75. The van der Waals surface area contributed by atoms with E-state index in [0.29, 0.717) is 18.9 Å². The normalized spacial score (nSPS) is 13.6. The van der Waals surface area contributed by atoms with Crippen molar-refractivity contribution >= 4 is 10.0 Å². The number of aryl methyl sites for hydroxylation is 1. The third-order valence-corrected chi connectivity index (χ3v) is 4.95. The van der Waals surface area contributed by atoms with Gasteiger partial charge in [-0.25, -0.2) is 13.1 Å². The SMILES string of the molecule is CCC(CC)C(N)CNS(=O)(=O)CCc1ccncc1. The Morgan fingerprint density at radius 2 is 1.85 bits per heavy atom. The standard InChI is InChI=1S/C14H25N3O2S/c1-3-13(4-2)14(15)11-17-20(18,19)10-7-12-5-8-16-9-6-12/h5-6,8-9,13-14,17H,3-4,7,10-11,15H2,1-2H3. The number of pyridine rings is 1. The average molecular weight is 299 g/mol. The molecule has 1 atom stereocenters. The molecule has 0 bridgehead atoms. The molecule has 1 aromatic rings. The van der Waals surface area contributed by atoms with Crippen molar-refractivity contribution in [3.05, 3.63) is 30.1 Å². The second-order valence-corrected chi connectivity index (χ2v) is 6.94. The number of hydrogen-bond donors (Lipinski definition) is 2. The lowest BCUT2D eigenvalue weighted by molar-refractivity contribution is 0.392. The molecule has 0 fully saturated rings. The van der Waals surface area contributed by atoms with E-state index in [4.69, 9.17) is 5.73 Å². The molecule has 0 aromatic carbocycles. The van der Waals surface area contributed by atoms with Crippen molar-refractivity contribution in [3.8, 4) is 0 Å². The van der Waals surface area contributed by atoms with Crippen molar-refractivity contribution in [2.75, 3.05) is 12.3 Å². The Morgan fingerprint density at radius 1 is 1.25 bits per heavy atom. The molecule has 20 heavy (non-hydrogen) atoms. The second kappa shape index (κ2) is 8.34. The predicted octanol–water partition coefficient (Wildman–Crippen LogP) is 1.31. The maximum Gasteiger partial charge on any atom is 0.211 e. The maximum atomic E-state index is 11.9. The van der Waals surface area contributed by atoms with Gasteiger partial charge in [-0.2, -0.15) is 0 Å². The van der Waals surface area contributed by atoms with Gasteiger partial charge in [0, 0.05) is 25.0 Å². The number of aromatic nitrogens is 1. The Hall–Kier alpha value is -0.980. The van der Waals surface area contributed by atoms with Gasteiger partial charge in [0.2, 0.25) is 10.0 Å². The molecule has 6 heteroatoms. The number of nitrogens with zero attached hydrogens (tertiary/aromatic N) is 1. The van der Waals surface area contributed by atoms with E-state index >= 15 is 0 Å². The summed E-state index contributed by atoms with van der Waals surface area (Å²) in [5, 5.41) is 0. The Kier molecular flexibility index (Phi) is 7.12. The minimum absolute atomic E-state index is 0.0760.